The fraction of sp³-hybridized carbons (Fsp3) is 1.00. The number of rotatable bonds is 5. The third-order valence-electron chi connectivity index (χ3n) is 3.83. The highest BCUT2D eigenvalue weighted by molar-refractivity contribution is 4.84. The zero-order chi connectivity index (χ0) is 12.4. The van der Waals surface area contributed by atoms with Crippen LogP contribution in [0.25, 0.3) is 0 Å². The van der Waals surface area contributed by atoms with Crippen molar-refractivity contribution in [1.82, 2.24) is 5.32 Å². The second-order valence-electron chi connectivity index (χ2n) is 4.95. The van der Waals surface area contributed by atoms with E-state index >= 15 is 0 Å². The van der Waals surface area contributed by atoms with Crippen LogP contribution < -0.4 is 5.32 Å². The lowest BCUT2D eigenvalue weighted by molar-refractivity contribution is 0.287. The highest BCUT2D eigenvalue weighted by Crippen LogP contribution is 2.32. The van der Waals surface area contributed by atoms with E-state index in [0.717, 1.165) is 30.7 Å². The fourth-order valence-electron chi connectivity index (χ4n) is 2.49. The highest BCUT2D eigenvalue weighted by atomic mass is 16.2. The van der Waals surface area contributed by atoms with Gasteiger partial charge in [0, 0.05) is 12.6 Å². The van der Waals surface area contributed by atoms with Gasteiger partial charge in [0.05, 0.1) is 0 Å². The third-order valence-corrected chi connectivity index (χ3v) is 3.83. The summed E-state index contributed by atoms with van der Waals surface area (Å²) in [4.78, 5) is 0. The SMILES string of the molecule is CCC(C)C1CCCC1NC.CCCCO. The van der Waals surface area contributed by atoms with E-state index in [0.29, 0.717) is 6.61 Å². The van der Waals surface area contributed by atoms with Gasteiger partial charge in [0.25, 0.3) is 0 Å². The lowest BCUT2D eigenvalue weighted by Gasteiger charge is -2.24. The number of unbranched alkanes of at least 4 members (excludes halogenated alkanes) is 1. The monoisotopic (exact) mass is 229 g/mol. The quantitative estimate of drug-likeness (QED) is 0.759. The van der Waals surface area contributed by atoms with Crippen LogP contribution in [0.3, 0.4) is 0 Å². The number of hydrogen-bond acceptors (Lipinski definition) is 2. The molecule has 0 bridgehead atoms. The van der Waals surface area contributed by atoms with Gasteiger partial charge in [-0.25, -0.2) is 0 Å². The lowest BCUT2D eigenvalue weighted by Crippen LogP contribution is -2.32. The molecule has 0 aromatic carbocycles. The van der Waals surface area contributed by atoms with Crippen LogP contribution in [-0.4, -0.2) is 24.8 Å². The first kappa shape index (κ1) is 15.9. The van der Waals surface area contributed by atoms with E-state index in [9.17, 15) is 0 Å². The second kappa shape index (κ2) is 10.1. The van der Waals surface area contributed by atoms with E-state index in [1.807, 2.05) is 0 Å². The number of nitrogens with one attached hydrogen (secondary N) is 1. The minimum atomic E-state index is 0.344. The Bertz CT molecular complexity index is 148. The van der Waals surface area contributed by atoms with E-state index in [1.54, 1.807) is 0 Å². The van der Waals surface area contributed by atoms with Crippen molar-refractivity contribution >= 4 is 0 Å². The molecule has 2 N–H and O–H groups in total. The number of aliphatic hydroxyl groups excluding tert-OH is 1. The molecule has 3 unspecified atom stereocenters. The number of hydrogen-bond donors (Lipinski definition) is 2. The van der Waals surface area contributed by atoms with Crippen LogP contribution in [0.4, 0.5) is 0 Å². The summed E-state index contributed by atoms with van der Waals surface area (Å²) >= 11 is 0. The Kier molecular flexibility index (Phi) is 10.0. The molecule has 0 spiro atoms. The minimum Gasteiger partial charge on any atom is -0.396 e. The Morgan fingerprint density at radius 2 is 2.00 bits per heavy atom. The summed E-state index contributed by atoms with van der Waals surface area (Å²) in [5.74, 6) is 1.86. The maximum atomic E-state index is 8.07. The lowest BCUT2D eigenvalue weighted by atomic mass is 9.88. The third kappa shape index (κ3) is 5.86. The molecule has 0 aromatic heterocycles. The summed E-state index contributed by atoms with van der Waals surface area (Å²) < 4.78 is 0. The first-order valence-corrected chi connectivity index (χ1v) is 6.99. The van der Waals surface area contributed by atoms with Crippen LogP contribution in [0.5, 0.6) is 0 Å². The molecule has 1 fully saturated rings. The minimum absolute atomic E-state index is 0.344. The summed E-state index contributed by atoms with van der Waals surface area (Å²) in [5.41, 5.74) is 0. The van der Waals surface area contributed by atoms with Crippen molar-refractivity contribution in [2.75, 3.05) is 13.7 Å². The van der Waals surface area contributed by atoms with Crippen molar-refractivity contribution < 1.29 is 5.11 Å². The Labute approximate surface area is 102 Å². The standard InChI is InChI=1S/C10H21N.C4H10O/c1-4-8(2)9-6-5-7-10(9)11-3;1-2-3-4-5/h8-11H,4-7H2,1-3H3;5H,2-4H2,1H3. The molecule has 1 aliphatic carbocycles. The van der Waals surface area contributed by atoms with Crippen molar-refractivity contribution in [1.29, 1.82) is 0 Å². The zero-order valence-corrected chi connectivity index (χ0v) is 11.6. The van der Waals surface area contributed by atoms with Gasteiger partial charge in [-0.1, -0.05) is 40.0 Å². The van der Waals surface area contributed by atoms with Gasteiger partial charge in [-0.2, -0.15) is 0 Å². The van der Waals surface area contributed by atoms with Crippen LogP contribution >= 0.6 is 0 Å². The normalized spacial score (nSPS) is 26.1. The molecule has 16 heavy (non-hydrogen) atoms. The summed E-state index contributed by atoms with van der Waals surface area (Å²) in [6, 6.07) is 0.810. The van der Waals surface area contributed by atoms with Crippen LogP contribution in [0, 0.1) is 11.8 Å². The van der Waals surface area contributed by atoms with Crippen molar-refractivity contribution in [3.05, 3.63) is 0 Å². The fourth-order valence-corrected chi connectivity index (χ4v) is 2.49. The molecule has 2 heteroatoms. The van der Waals surface area contributed by atoms with Gasteiger partial charge in [-0.05, 0) is 38.1 Å². The Morgan fingerprint density at radius 3 is 2.38 bits per heavy atom. The van der Waals surface area contributed by atoms with Gasteiger partial charge >= 0.3 is 0 Å². The molecule has 3 atom stereocenters. The van der Waals surface area contributed by atoms with Gasteiger partial charge < -0.3 is 10.4 Å². The second-order valence-corrected chi connectivity index (χ2v) is 4.95. The average molecular weight is 229 g/mol. The van der Waals surface area contributed by atoms with Gasteiger partial charge in [0.1, 0.15) is 0 Å². The topological polar surface area (TPSA) is 32.3 Å². The molecule has 1 saturated carbocycles. The molecule has 0 aliphatic heterocycles. The van der Waals surface area contributed by atoms with Gasteiger partial charge in [0.15, 0.2) is 0 Å². The molecule has 2 nitrogen and oxygen atoms in total. The van der Waals surface area contributed by atoms with Crippen molar-refractivity contribution in [2.24, 2.45) is 11.8 Å². The molecule has 0 aromatic rings. The summed E-state index contributed by atoms with van der Waals surface area (Å²) in [6.45, 7) is 7.09. The maximum absolute atomic E-state index is 8.07. The van der Waals surface area contributed by atoms with Crippen LogP contribution in [-0.2, 0) is 0 Å². The predicted molar refractivity (Wildman–Crippen MR) is 71.6 cm³/mol. The van der Waals surface area contributed by atoms with E-state index in [4.69, 9.17) is 5.11 Å². The smallest absolute Gasteiger partial charge is 0.0430 e. The van der Waals surface area contributed by atoms with Crippen molar-refractivity contribution in [3.63, 3.8) is 0 Å². The van der Waals surface area contributed by atoms with Crippen molar-refractivity contribution in [2.45, 2.75) is 65.3 Å². The van der Waals surface area contributed by atoms with Crippen LogP contribution in [0.2, 0.25) is 0 Å². The van der Waals surface area contributed by atoms with E-state index in [1.165, 1.54) is 25.7 Å². The molecular weight excluding hydrogens is 198 g/mol. The van der Waals surface area contributed by atoms with Gasteiger partial charge in [-0.3, -0.25) is 0 Å². The largest absolute Gasteiger partial charge is 0.396 e. The van der Waals surface area contributed by atoms with Gasteiger partial charge in [0.2, 0.25) is 0 Å². The van der Waals surface area contributed by atoms with E-state index in [-0.39, 0.29) is 0 Å². The molecule has 0 radical (unpaired) electrons. The molecule has 0 saturated heterocycles. The zero-order valence-electron chi connectivity index (χ0n) is 11.6. The Hall–Kier alpha value is -0.0800. The summed E-state index contributed by atoms with van der Waals surface area (Å²) in [7, 11) is 2.10. The average Bonchev–Trinajstić information content (AvgIpc) is 2.78. The molecular formula is C14H31NO. The van der Waals surface area contributed by atoms with E-state index in [2.05, 4.69) is 33.1 Å². The molecule has 1 rings (SSSR count). The molecule has 0 amide bonds. The Balaban J connectivity index is 0.000000385. The first-order chi connectivity index (χ1) is 7.71. The molecule has 1 aliphatic rings. The predicted octanol–water partition coefficient (Wildman–Crippen LogP) is 3.20. The van der Waals surface area contributed by atoms with Crippen LogP contribution in [0.15, 0.2) is 0 Å². The Morgan fingerprint density at radius 1 is 1.31 bits per heavy atom. The van der Waals surface area contributed by atoms with Crippen LogP contribution in [0.1, 0.15) is 59.3 Å². The highest BCUT2D eigenvalue weighted by Gasteiger charge is 2.28. The maximum Gasteiger partial charge on any atom is 0.0430 e. The summed E-state index contributed by atoms with van der Waals surface area (Å²) in [5, 5.41) is 11.5. The first-order valence-electron chi connectivity index (χ1n) is 6.99. The van der Waals surface area contributed by atoms with E-state index < -0.39 is 0 Å². The molecule has 0 heterocycles. The van der Waals surface area contributed by atoms with Crippen molar-refractivity contribution in [3.8, 4) is 0 Å². The van der Waals surface area contributed by atoms with Gasteiger partial charge in [-0.15, -0.1) is 0 Å². The molecule has 98 valence electrons. The number of aliphatic hydroxyl groups is 1. The summed E-state index contributed by atoms with van der Waals surface area (Å²) in [6.07, 6.45) is 7.64.